The Morgan fingerprint density at radius 3 is 2.56 bits per heavy atom. The van der Waals surface area contributed by atoms with E-state index in [0.717, 1.165) is 17.0 Å². The van der Waals surface area contributed by atoms with Crippen molar-refractivity contribution in [2.75, 3.05) is 7.05 Å². The summed E-state index contributed by atoms with van der Waals surface area (Å²) in [5.74, 6) is 0.925. The van der Waals surface area contributed by atoms with Gasteiger partial charge in [-0.25, -0.2) is 4.79 Å². The van der Waals surface area contributed by atoms with E-state index in [4.69, 9.17) is 0 Å². The maximum Gasteiger partial charge on any atom is 0.318 e. The third-order valence-electron chi connectivity index (χ3n) is 4.17. The average Bonchev–Trinajstić information content (AvgIpc) is 3.04. The molecule has 2 amide bonds. The number of fused-ring (bicyclic) bond motifs is 1. The van der Waals surface area contributed by atoms with Crippen LogP contribution in [0.15, 0.2) is 54.7 Å². The van der Waals surface area contributed by atoms with E-state index in [0.29, 0.717) is 6.54 Å². The number of rotatable bonds is 5. The molecule has 1 N–H and O–H groups in total. The van der Waals surface area contributed by atoms with Gasteiger partial charge in [0.1, 0.15) is 0 Å². The molecule has 0 radical (unpaired) electrons. The van der Waals surface area contributed by atoms with Gasteiger partial charge < -0.3 is 10.2 Å². The third kappa shape index (κ3) is 3.79. The number of aromatic nitrogens is 3. The summed E-state index contributed by atoms with van der Waals surface area (Å²) in [7, 11) is 1.79. The highest BCUT2D eigenvalue weighted by Crippen LogP contribution is 2.21. The number of carbonyl (C=O) groups excluding carboxylic acids is 1. The molecule has 6 nitrogen and oxygen atoms in total. The normalized spacial score (nSPS) is 12.3. The number of nitrogens with one attached hydrogen (secondary N) is 1. The Kier molecular flexibility index (Phi) is 4.97. The van der Waals surface area contributed by atoms with E-state index in [1.807, 2.05) is 59.1 Å². The summed E-state index contributed by atoms with van der Waals surface area (Å²) in [5.41, 5.74) is 1.87. The van der Waals surface area contributed by atoms with E-state index in [1.165, 1.54) is 0 Å². The van der Waals surface area contributed by atoms with Crippen molar-refractivity contribution in [3.8, 4) is 0 Å². The molecule has 2 heterocycles. The molecule has 0 aliphatic heterocycles. The van der Waals surface area contributed by atoms with E-state index in [1.54, 1.807) is 11.9 Å². The molecule has 2 aromatic heterocycles. The Hall–Kier alpha value is -2.89. The summed E-state index contributed by atoms with van der Waals surface area (Å²) in [6.45, 7) is 4.68. The van der Waals surface area contributed by atoms with Gasteiger partial charge in [-0.3, -0.25) is 4.40 Å². The van der Waals surface area contributed by atoms with Crippen molar-refractivity contribution in [2.24, 2.45) is 5.92 Å². The van der Waals surface area contributed by atoms with Gasteiger partial charge in [-0.2, -0.15) is 0 Å². The number of nitrogens with zero attached hydrogens (tertiary/aromatic N) is 4. The smallest absolute Gasteiger partial charge is 0.318 e. The third-order valence-corrected chi connectivity index (χ3v) is 4.17. The molecule has 130 valence electrons. The second-order valence-corrected chi connectivity index (χ2v) is 6.50. The minimum atomic E-state index is -0.219. The maximum absolute atomic E-state index is 12.7. The molecule has 0 spiro atoms. The summed E-state index contributed by atoms with van der Waals surface area (Å²) in [6.07, 6.45) is 1.92. The quantitative estimate of drug-likeness (QED) is 0.777. The fourth-order valence-corrected chi connectivity index (χ4v) is 2.77. The van der Waals surface area contributed by atoms with Gasteiger partial charge in [-0.05, 0) is 23.6 Å². The molecule has 1 atom stereocenters. The van der Waals surface area contributed by atoms with Crippen LogP contribution in [-0.2, 0) is 6.54 Å². The number of hydrogen-bond donors (Lipinski definition) is 1. The van der Waals surface area contributed by atoms with E-state index in [9.17, 15) is 4.79 Å². The van der Waals surface area contributed by atoms with Gasteiger partial charge in [0.05, 0.1) is 6.04 Å². The molecule has 0 aliphatic rings. The summed E-state index contributed by atoms with van der Waals surface area (Å²) in [4.78, 5) is 14.3. The molecule has 0 unspecified atom stereocenters. The number of urea groups is 1. The van der Waals surface area contributed by atoms with Crippen LogP contribution < -0.4 is 5.32 Å². The van der Waals surface area contributed by atoms with Crippen LogP contribution >= 0.6 is 0 Å². The second kappa shape index (κ2) is 7.34. The highest BCUT2D eigenvalue weighted by molar-refractivity contribution is 5.74. The Morgan fingerprint density at radius 1 is 1.12 bits per heavy atom. The second-order valence-electron chi connectivity index (χ2n) is 6.50. The zero-order valence-corrected chi connectivity index (χ0v) is 14.8. The first-order chi connectivity index (χ1) is 12.1. The van der Waals surface area contributed by atoms with Crippen LogP contribution in [0.3, 0.4) is 0 Å². The molecule has 25 heavy (non-hydrogen) atoms. The lowest BCUT2D eigenvalue weighted by Crippen LogP contribution is -2.41. The molecule has 3 rings (SSSR count). The van der Waals surface area contributed by atoms with Gasteiger partial charge in [0.2, 0.25) is 0 Å². The van der Waals surface area contributed by atoms with Crippen LogP contribution in [0.4, 0.5) is 4.79 Å². The molecule has 6 heteroatoms. The lowest BCUT2D eigenvalue weighted by Gasteiger charge is -2.25. The Balaban J connectivity index is 1.76. The van der Waals surface area contributed by atoms with Crippen molar-refractivity contribution >= 4 is 11.7 Å². The fraction of sp³-hybridized carbons (Fsp3) is 0.316. The summed E-state index contributed by atoms with van der Waals surface area (Å²) in [5, 5.41) is 11.6. The number of amides is 2. The number of carbonyl (C=O) groups is 1. The Labute approximate surface area is 147 Å². The predicted octanol–water partition coefficient (Wildman–Crippen LogP) is 3.27. The van der Waals surface area contributed by atoms with Crippen molar-refractivity contribution in [3.63, 3.8) is 0 Å². The van der Waals surface area contributed by atoms with Gasteiger partial charge in [0, 0.05) is 19.8 Å². The molecule has 0 saturated heterocycles. The van der Waals surface area contributed by atoms with Gasteiger partial charge in [-0.1, -0.05) is 50.2 Å². The number of hydrogen-bond acceptors (Lipinski definition) is 3. The molecule has 1 aromatic carbocycles. The van der Waals surface area contributed by atoms with Crippen LogP contribution in [0, 0.1) is 5.92 Å². The van der Waals surface area contributed by atoms with Gasteiger partial charge >= 0.3 is 6.03 Å². The van der Waals surface area contributed by atoms with Crippen LogP contribution in [0.5, 0.6) is 0 Å². The van der Waals surface area contributed by atoms with Gasteiger partial charge in [0.15, 0.2) is 11.5 Å². The fourth-order valence-electron chi connectivity index (χ4n) is 2.77. The molecule has 0 bridgehead atoms. The molecule has 0 saturated carbocycles. The topological polar surface area (TPSA) is 62.5 Å². The van der Waals surface area contributed by atoms with Gasteiger partial charge in [0.25, 0.3) is 0 Å². The lowest BCUT2D eigenvalue weighted by atomic mass is 10.0. The van der Waals surface area contributed by atoms with Crippen LogP contribution in [0.2, 0.25) is 0 Å². The summed E-state index contributed by atoms with van der Waals surface area (Å²) < 4.78 is 1.92. The van der Waals surface area contributed by atoms with Crippen LogP contribution in [-0.4, -0.2) is 32.6 Å². The Morgan fingerprint density at radius 2 is 1.84 bits per heavy atom. The van der Waals surface area contributed by atoms with Crippen molar-refractivity contribution < 1.29 is 4.79 Å². The lowest BCUT2D eigenvalue weighted by molar-refractivity contribution is 0.198. The molecule has 3 aromatic rings. The highest BCUT2D eigenvalue weighted by Gasteiger charge is 2.24. The van der Waals surface area contributed by atoms with E-state index in [2.05, 4.69) is 29.4 Å². The average molecular weight is 337 g/mol. The minimum absolute atomic E-state index is 0.129. The number of pyridine rings is 1. The monoisotopic (exact) mass is 337 g/mol. The maximum atomic E-state index is 12.7. The largest absolute Gasteiger partial charge is 0.328 e. The molecule has 0 fully saturated rings. The zero-order chi connectivity index (χ0) is 17.8. The Bertz CT molecular complexity index is 843. The summed E-state index contributed by atoms with van der Waals surface area (Å²) >= 11 is 0. The van der Waals surface area contributed by atoms with Crippen LogP contribution in [0.25, 0.3) is 5.65 Å². The molecule has 0 aliphatic carbocycles. The standard InChI is InChI=1S/C19H23N5O/c1-14(2)17(18-22-21-16-11-7-8-12-24(16)18)20-19(25)23(3)13-15-9-5-4-6-10-15/h4-12,14,17H,13H2,1-3H3,(H,20,25)/t17-/m1/s1. The van der Waals surface area contributed by atoms with E-state index < -0.39 is 0 Å². The van der Waals surface area contributed by atoms with Gasteiger partial charge in [-0.15, -0.1) is 10.2 Å². The van der Waals surface area contributed by atoms with E-state index in [-0.39, 0.29) is 18.0 Å². The van der Waals surface area contributed by atoms with Crippen molar-refractivity contribution in [1.29, 1.82) is 0 Å². The first-order valence-corrected chi connectivity index (χ1v) is 8.41. The molecular formula is C19H23N5O. The SMILES string of the molecule is CC(C)[C@@H](NC(=O)N(C)Cc1ccccc1)c1nnc2ccccn12. The number of benzene rings is 1. The predicted molar refractivity (Wildman–Crippen MR) is 97.0 cm³/mol. The van der Waals surface area contributed by atoms with Crippen LogP contribution in [0.1, 0.15) is 31.3 Å². The molecular weight excluding hydrogens is 314 g/mol. The van der Waals surface area contributed by atoms with Crippen molar-refractivity contribution in [3.05, 3.63) is 66.1 Å². The zero-order valence-electron chi connectivity index (χ0n) is 14.8. The van der Waals surface area contributed by atoms with Crippen molar-refractivity contribution in [1.82, 2.24) is 24.8 Å². The van der Waals surface area contributed by atoms with E-state index >= 15 is 0 Å². The van der Waals surface area contributed by atoms with Crippen molar-refractivity contribution in [2.45, 2.75) is 26.4 Å². The first-order valence-electron chi connectivity index (χ1n) is 8.41. The highest BCUT2D eigenvalue weighted by atomic mass is 16.2. The first kappa shape index (κ1) is 17.0. The summed E-state index contributed by atoms with van der Waals surface area (Å²) in [6, 6.07) is 15.3. The minimum Gasteiger partial charge on any atom is -0.328 e.